The number of nitrogens with zero attached hydrogens (tertiary/aromatic N) is 2. The molecule has 1 heterocycles. The highest BCUT2D eigenvalue weighted by molar-refractivity contribution is 8.02. The molecule has 0 spiro atoms. The molecule has 21 heavy (non-hydrogen) atoms. The summed E-state index contributed by atoms with van der Waals surface area (Å²) in [4.78, 5) is 8.98. The third-order valence-electron chi connectivity index (χ3n) is 3.36. The van der Waals surface area contributed by atoms with E-state index in [2.05, 4.69) is 63.0 Å². The Morgan fingerprint density at radius 2 is 1.90 bits per heavy atom. The van der Waals surface area contributed by atoms with Crippen LogP contribution in [0.25, 0.3) is 6.08 Å². The van der Waals surface area contributed by atoms with Gasteiger partial charge in [0.25, 0.3) is 0 Å². The Hall–Kier alpha value is -0.830. The molecule has 0 bridgehead atoms. The summed E-state index contributed by atoms with van der Waals surface area (Å²) in [5, 5.41) is 2.17. The fourth-order valence-corrected chi connectivity index (χ4v) is 2.87. The Kier molecular flexibility index (Phi) is 6.92. The van der Waals surface area contributed by atoms with Crippen LogP contribution in [-0.2, 0) is 5.41 Å². The highest BCUT2D eigenvalue weighted by Crippen LogP contribution is 2.28. The molecule has 2 nitrogen and oxygen atoms in total. The topological polar surface area (TPSA) is 25.8 Å². The van der Waals surface area contributed by atoms with Gasteiger partial charge in [0.2, 0.25) is 0 Å². The number of aromatic nitrogens is 2. The van der Waals surface area contributed by atoms with Crippen molar-refractivity contribution in [2.45, 2.75) is 66.2 Å². The van der Waals surface area contributed by atoms with Crippen molar-refractivity contribution in [3.05, 3.63) is 29.2 Å². The molecule has 0 saturated carbocycles. The molecule has 0 fully saturated rings. The van der Waals surface area contributed by atoms with E-state index in [-0.39, 0.29) is 5.41 Å². The average Bonchev–Trinajstić information content (AvgIpc) is 2.41. The molecule has 0 N–H and O–H groups in total. The van der Waals surface area contributed by atoms with Gasteiger partial charge in [-0.1, -0.05) is 54.4 Å². The summed E-state index contributed by atoms with van der Waals surface area (Å²) in [5.41, 5.74) is 1.40. The minimum absolute atomic E-state index is 0.000857. The molecule has 0 radical (unpaired) electrons. The van der Waals surface area contributed by atoms with Crippen molar-refractivity contribution in [3.8, 4) is 0 Å². The van der Waals surface area contributed by atoms with E-state index >= 15 is 0 Å². The quantitative estimate of drug-likeness (QED) is 0.646. The molecule has 0 aliphatic heterocycles. The lowest BCUT2D eigenvalue weighted by atomic mass is 9.90. The van der Waals surface area contributed by atoms with E-state index in [1.165, 1.54) is 19.3 Å². The number of thioether (sulfide) groups is 1. The SMILES string of the molecule is CCCCC(C)(C)CS/C=C/c1ccnc(C(C)(C)C)n1. The Bertz CT molecular complexity index is 459. The van der Waals surface area contributed by atoms with Gasteiger partial charge in [-0.25, -0.2) is 9.97 Å². The highest BCUT2D eigenvalue weighted by Gasteiger charge is 2.17. The summed E-state index contributed by atoms with van der Waals surface area (Å²) in [6.07, 6.45) is 7.84. The first-order valence-electron chi connectivity index (χ1n) is 7.86. The van der Waals surface area contributed by atoms with E-state index in [1.54, 1.807) is 0 Å². The van der Waals surface area contributed by atoms with Gasteiger partial charge in [0.1, 0.15) is 5.82 Å². The maximum absolute atomic E-state index is 4.62. The molecule has 0 aliphatic carbocycles. The van der Waals surface area contributed by atoms with Gasteiger partial charge in [0.05, 0.1) is 5.69 Å². The van der Waals surface area contributed by atoms with Crippen LogP contribution in [-0.4, -0.2) is 15.7 Å². The number of unbranched alkanes of at least 4 members (excludes halogenated alkanes) is 1. The van der Waals surface area contributed by atoms with E-state index in [9.17, 15) is 0 Å². The third kappa shape index (κ3) is 7.12. The first kappa shape index (κ1) is 18.2. The van der Waals surface area contributed by atoms with Crippen molar-refractivity contribution >= 4 is 17.8 Å². The fourth-order valence-electron chi connectivity index (χ4n) is 1.95. The predicted molar refractivity (Wildman–Crippen MR) is 95.5 cm³/mol. The van der Waals surface area contributed by atoms with Gasteiger partial charge in [0.15, 0.2) is 0 Å². The number of rotatable bonds is 7. The maximum Gasteiger partial charge on any atom is 0.134 e. The molecule has 1 aromatic rings. The van der Waals surface area contributed by atoms with Crippen LogP contribution >= 0.6 is 11.8 Å². The van der Waals surface area contributed by atoms with E-state index in [0.717, 1.165) is 17.3 Å². The van der Waals surface area contributed by atoms with Gasteiger partial charge in [-0.2, -0.15) is 0 Å². The zero-order valence-electron chi connectivity index (χ0n) is 14.4. The fraction of sp³-hybridized carbons (Fsp3) is 0.667. The van der Waals surface area contributed by atoms with Crippen LogP contribution in [0.3, 0.4) is 0 Å². The summed E-state index contributed by atoms with van der Waals surface area (Å²) in [5.74, 6) is 2.05. The normalized spacial score (nSPS) is 13.0. The van der Waals surface area contributed by atoms with Gasteiger partial charge >= 0.3 is 0 Å². The molecule has 1 rings (SSSR count). The second-order valence-corrected chi connectivity index (χ2v) is 8.33. The van der Waals surface area contributed by atoms with Gasteiger partial charge < -0.3 is 0 Å². The molecule has 118 valence electrons. The molecule has 0 aromatic carbocycles. The van der Waals surface area contributed by atoms with Crippen molar-refractivity contribution < 1.29 is 0 Å². The maximum atomic E-state index is 4.62. The second kappa shape index (κ2) is 7.98. The Labute approximate surface area is 134 Å². The average molecular weight is 307 g/mol. The van der Waals surface area contributed by atoms with Crippen molar-refractivity contribution in [3.63, 3.8) is 0 Å². The lowest BCUT2D eigenvalue weighted by Gasteiger charge is -2.22. The van der Waals surface area contributed by atoms with Crippen LogP contribution in [0.5, 0.6) is 0 Å². The van der Waals surface area contributed by atoms with Crippen LogP contribution in [0.2, 0.25) is 0 Å². The van der Waals surface area contributed by atoms with E-state index in [0.29, 0.717) is 5.41 Å². The van der Waals surface area contributed by atoms with Crippen molar-refractivity contribution in [1.29, 1.82) is 0 Å². The van der Waals surface area contributed by atoms with Crippen LogP contribution in [0.1, 0.15) is 72.3 Å². The first-order chi connectivity index (χ1) is 9.74. The summed E-state index contributed by atoms with van der Waals surface area (Å²) >= 11 is 1.88. The highest BCUT2D eigenvalue weighted by atomic mass is 32.2. The zero-order chi connectivity index (χ0) is 15.9. The Morgan fingerprint density at radius 3 is 2.52 bits per heavy atom. The summed E-state index contributed by atoms with van der Waals surface area (Å²) in [7, 11) is 0. The van der Waals surface area contributed by atoms with Crippen molar-refractivity contribution in [2.24, 2.45) is 5.41 Å². The summed E-state index contributed by atoms with van der Waals surface area (Å²) < 4.78 is 0. The molecule has 3 heteroatoms. The third-order valence-corrected chi connectivity index (χ3v) is 4.64. The molecule has 0 atom stereocenters. The molecule has 0 unspecified atom stereocenters. The van der Waals surface area contributed by atoms with E-state index in [4.69, 9.17) is 0 Å². The van der Waals surface area contributed by atoms with Gasteiger partial charge in [-0.05, 0) is 29.4 Å². The van der Waals surface area contributed by atoms with E-state index < -0.39 is 0 Å². The zero-order valence-corrected chi connectivity index (χ0v) is 15.3. The molecule has 0 saturated heterocycles. The van der Waals surface area contributed by atoms with Crippen LogP contribution in [0.4, 0.5) is 0 Å². The van der Waals surface area contributed by atoms with Gasteiger partial charge in [0, 0.05) is 17.4 Å². The first-order valence-corrected chi connectivity index (χ1v) is 8.91. The lowest BCUT2D eigenvalue weighted by molar-refractivity contribution is 0.373. The summed E-state index contributed by atoms with van der Waals surface area (Å²) in [6.45, 7) is 13.4. The van der Waals surface area contributed by atoms with Crippen molar-refractivity contribution in [2.75, 3.05) is 5.75 Å². The molecule has 1 aromatic heterocycles. The van der Waals surface area contributed by atoms with Gasteiger partial charge in [-0.15, -0.1) is 11.8 Å². The van der Waals surface area contributed by atoms with Crippen LogP contribution in [0, 0.1) is 5.41 Å². The molecular weight excluding hydrogens is 276 g/mol. The van der Waals surface area contributed by atoms with Crippen LogP contribution < -0.4 is 0 Å². The minimum atomic E-state index is -0.000857. The van der Waals surface area contributed by atoms with E-state index in [1.807, 2.05) is 24.0 Å². The minimum Gasteiger partial charge on any atom is -0.241 e. The Morgan fingerprint density at radius 1 is 1.19 bits per heavy atom. The lowest BCUT2D eigenvalue weighted by Crippen LogP contribution is -2.16. The Balaban J connectivity index is 2.54. The molecule has 0 aliphatic rings. The monoisotopic (exact) mass is 306 g/mol. The second-order valence-electron chi connectivity index (χ2n) is 7.44. The standard InChI is InChI=1S/C18H30N2S/c1-7-8-11-18(5,6)14-21-13-10-15-9-12-19-16(20-15)17(2,3)4/h9-10,12-13H,7-8,11,14H2,1-6H3/b13-10+. The largest absolute Gasteiger partial charge is 0.241 e. The predicted octanol–water partition coefficient (Wildman–Crippen LogP) is 5.69. The summed E-state index contributed by atoms with van der Waals surface area (Å²) in [6, 6.07) is 1.97. The molecular formula is C18H30N2S. The molecule has 0 amide bonds. The van der Waals surface area contributed by atoms with Crippen LogP contribution in [0.15, 0.2) is 17.7 Å². The van der Waals surface area contributed by atoms with Crippen molar-refractivity contribution in [1.82, 2.24) is 9.97 Å². The smallest absolute Gasteiger partial charge is 0.134 e. The number of hydrogen-bond donors (Lipinski definition) is 0. The number of hydrogen-bond acceptors (Lipinski definition) is 3. The van der Waals surface area contributed by atoms with Gasteiger partial charge in [-0.3, -0.25) is 0 Å².